The van der Waals surface area contributed by atoms with E-state index in [4.69, 9.17) is 11.6 Å². The topological polar surface area (TPSA) is 98.3 Å². The van der Waals surface area contributed by atoms with Crippen LogP contribution in [0.25, 0.3) is 0 Å². The van der Waals surface area contributed by atoms with E-state index in [0.717, 1.165) is 5.56 Å². The number of fused-ring (bicyclic) bond motifs is 1. The quantitative estimate of drug-likeness (QED) is 0.783. The number of anilines is 1. The van der Waals surface area contributed by atoms with E-state index < -0.39 is 11.5 Å². The molecule has 1 aromatic heterocycles. The van der Waals surface area contributed by atoms with Gasteiger partial charge >= 0.3 is 0 Å². The summed E-state index contributed by atoms with van der Waals surface area (Å²) in [5.74, 6) is -0.734. The van der Waals surface area contributed by atoms with Crippen molar-refractivity contribution in [1.82, 2.24) is 15.1 Å². The van der Waals surface area contributed by atoms with Gasteiger partial charge in [-0.2, -0.15) is 5.10 Å². The lowest BCUT2D eigenvalue weighted by Crippen LogP contribution is -2.49. The molecule has 24 heavy (non-hydrogen) atoms. The van der Waals surface area contributed by atoms with Crippen LogP contribution in [0.5, 0.6) is 0 Å². The largest absolute Gasteiger partial charge is 0.378 e. The Hall–Kier alpha value is -2.38. The summed E-state index contributed by atoms with van der Waals surface area (Å²) in [6.07, 6.45) is 0. The number of carbonyl (C=O) groups excluding carboxylic acids is 2. The van der Waals surface area contributed by atoms with Crippen molar-refractivity contribution < 1.29 is 14.7 Å². The van der Waals surface area contributed by atoms with Crippen LogP contribution < -0.4 is 5.32 Å². The number of rotatable bonds is 4. The van der Waals surface area contributed by atoms with Gasteiger partial charge in [-0.1, -0.05) is 29.8 Å². The van der Waals surface area contributed by atoms with E-state index >= 15 is 0 Å². The molecule has 1 atom stereocenters. The van der Waals surface area contributed by atoms with Crippen molar-refractivity contribution in [1.29, 1.82) is 0 Å². The smallest absolute Gasteiger partial charge is 0.259 e. The summed E-state index contributed by atoms with van der Waals surface area (Å²) >= 11 is 6.00. The lowest BCUT2D eigenvalue weighted by Gasteiger charge is -2.27. The predicted molar refractivity (Wildman–Crippen MR) is 88.8 cm³/mol. The molecule has 0 spiro atoms. The zero-order valence-corrected chi connectivity index (χ0v) is 14.0. The van der Waals surface area contributed by atoms with E-state index in [0.29, 0.717) is 17.8 Å². The zero-order chi connectivity index (χ0) is 17.5. The van der Waals surface area contributed by atoms with Gasteiger partial charge in [0, 0.05) is 12.1 Å². The Balaban J connectivity index is 1.71. The highest BCUT2D eigenvalue weighted by Gasteiger charge is 2.38. The van der Waals surface area contributed by atoms with Gasteiger partial charge in [0.15, 0.2) is 11.4 Å². The van der Waals surface area contributed by atoms with E-state index in [1.165, 1.54) is 11.8 Å². The van der Waals surface area contributed by atoms with Crippen molar-refractivity contribution in [2.45, 2.75) is 26.0 Å². The number of nitrogens with zero attached hydrogens (tertiary/aromatic N) is 2. The summed E-state index contributed by atoms with van der Waals surface area (Å²) in [6.45, 7) is 3.29. The summed E-state index contributed by atoms with van der Waals surface area (Å²) in [5, 5.41) is 19.8. The molecule has 7 nitrogen and oxygen atoms in total. The van der Waals surface area contributed by atoms with Crippen LogP contribution in [0.2, 0.25) is 5.02 Å². The SMILES string of the molecule is Cc1[nH]nc(NC(=O)C(C)(O)CN2Cc3ccccc3C2=O)c1Cl. The first-order valence-corrected chi connectivity index (χ1v) is 7.79. The molecule has 2 heterocycles. The summed E-state index contributed by atoms with van der Waals surface area (Å²) in [7, 11) is 0. The van der Waals surface area contributed by atoms with Crippen LogP contribution >= 0.6 is 11.6 Å². The number of halogens is 1. The number of nitrogens with one attached hydrogen (secondary N) is 2. The molecule has 1 aromatic carbocycles. The van der Waals surface area contributed by atoms with E-state index in [2.05, 4.69) is 15.5 Å². The van der Waals surface area contributed by atoms with Crippen molar-refractivity contribution in [3.63, 3.8) is 0 Å². The number of aliphatic hydroxyl groups is 1. The molecule has 8 heteroatoms. The number of aryl methyl sites for hydroxylation is 1. The maximum atomic E-state index is 12.4. The maximum Gasteiger partial charge on any atom is 0.259 e. The van der Waals surface area contributed by atoms with E-state index in [9.17, 15) is 14.7 Å². The first kappa shape index (κ1) is 16.5. The van der Waals surface area contributed by atoms with E-state index in [1.807, 2.05) is 12.1 Å². The molecule has 0 bridgehead atoms. The van der Waals surface area contributed by atoms with Crippen LogP contribution in [0.4, 0.5) is 5.82 Å². The summed E-state index contributed by atoms with van der Waals surface area (Å²) in [5.41, 5.74) is 0.301. The summed E-state index contributed by atoms with van der Waals surface area (Å²) in [4.78, 5) is 26.2. The van der Waals surface area contributed by atoms with Crippen molar-refractivity contribution >= 4 is 29.2 Å². The number of hydrogen-bond donors (Lipinski definition) is 3. The van der Waals surface area contributed by atoms with Crippen LogP contribution in [0.15, 0.2) is 24.3 Å². The fourth-order valence-electron chi connectivity index (χ4n) is 2.63. The molecule has 2 amide bonds. The van der Waals surface area contributed by atoms with Crippen molar-refractivity contribution in [3.8, 4) is 0 Å². The minimum Gasteiger partial charge on any atom is -0.378 e. The van der Waals surface area contributed by atoms with Crippen LogP contribution in [-0.4, -0.2) is 44.2 Å². The third kappa shape index (κ3) is 2.88. The van der Waals surface area contributed by atoms with Gasteiger partial charge in [0.1, 0.15) is 5.02 Å². The maximum absolute atomic E-state index is 12.4. The Morgan fingerprint density at radius 1 is 1.50 bits per heavy atom. The number of aromatic nitrogens is 2. The number of hydrogen-bond acceptors (Lipinski definition) is 4. The van der Waals surface area contributed by atoms with Crippen molar-refractivity contribution in [2.75, 3.05) is 11.9 Å². The monoisotopic (exact) mass is 348 g/mol. The molecule has 0 fully saturated rings. The molecule has 2 aromatic rings. The van der Waals surface area contributed by atoms with Gasteiger partial charge in [-0.15, -0.1) is 0 Å². The van der Waals surface area contributed by atoms with Gasteiger partial charge in [0.25, 0.3) is 11.8 Å². The number of H-pyrrole nitrogens is 1. The Kier molecular flexibility index (Phi) is 4.06. The average Bonchev–Trinajstić information content (AvgIpc) is 3.02. The molecule has 0 aliphatic carbocycles. The lowest BCUT2D eigenvalue weighted by atomic mass is 10.1. The van der Waals surface area contributed by atoms with Crippen LogP contribution in [0.1, 0.15) is 28.5 Å². The van der Waals surface area contributed by atoms with Crippen LogP contribution in [-0.2, 0) is 11.3 Å². The number of β-amino-alcohol motifs (C(OH)–C–C–N with tert-alkyl or cyclic N) is 1. The molecular weight excluding hydrogens is 332 g/mol. The second-order valence-electron chi connectivity index (χ2n) is 6.06. The van der Waals surface area contributed by atoms with Crippen molar-refractivity contribution in [3.05, 3.63) is 46.1 Å². The third-order valence-corrected chi connectivity index (χ3v) is 4.45. The zero-order valence-electron chi connectivity index (χ0n) is 13.3. The minimum absolute atomic E-state index is 0.132. The molecular formula is C16H17ClN4O3. The average molecular weight is 349 g/mol. The van der Waals surface area contributed by atoms with E-state index in [-0.39, 0.29) is 23.3 Å². The molecule has 3 rings (SSSR count). The van der Waals surface area contributed by atoms with E-state index in [1.54, 1.807) is 19.1 Å². The van der Waals surface area contributed by atoms with Crippen LogP contribution in [0.3, 0.4) is 0 Å². The Morgan fingerprint density at radius 3 is 2.83 bits per heavy atom. The third-order valence-electron chi connectivity index (χ3n) is 3.99. The molecule has 0 radical (unpaired) electrons. The second kappa shape index (κ2) is 5.92. The van der Waals surface area contributed by atoms with Gasteiger partial charge in [-0.25, -0.2) is 0 Å². The highest BCUT2D eigenvalue weighted by molar-refractivity contribution is 6.34. The Labute approximate surface area is 143 Å². The number of benzene rings is 1. The number of amides is 2. The Bertz CT molecular complexity index is 815. The number of aromatic amines is 1. The highest BCUT2D eigenvalue weighted by atomic mass is 35.5. The van der Waals surface area contributed by atoms with Gasteiger partial charge < -0.3 is 15.3 Å². The van der Waals surface area contributed by atoms with Gasteiger partial charge in [0.2, 0.25) is 0 Å². The normalized spacial score (nSPS) is 16.0. The second-order valence-corrected chi connectivity index (χ2v) is 6.44. The molecule has 126 valence electrons. The molecule has 0 saturated heterocycles. The van der Waals surface area contributed by atoms with Gasteiger partial charge in [-0.05, 0) is 25.5 Å². The standard InChI is InChI=1S/C16H17ClN4O3/c1-9-12(17)13(20-19-9)18-15(23)16(2,24)8-21-7-10-5-3-4-6-11(10)14(21)22/h3-6,24H,7-8H2,1-2H3,(H2,18,19,20,23). The molecule has 3 N–H and O–H groups in total. The molecule has 1 unspecified atom stereocenters. The first-order valence-electron chi connectivity index (χ1n) is 7.41. The molecule has 0 saturated carbocycles. The van der Waals surface area contributed by atoms with Crippen LogP contribution in [0, 0.1) is 6.92 Å². The van der Waals surface area contributed by atoms with Crippen molar-refractivity contribution in [2.24, 2.45) is 0 Å². The summed E-state index contributed by atoms with van der Waals surface area (Å²) in [6, 6.07) is 7.22. The minimum atomic E-state index is -1.78. The number of carbonyl (C=O) groups is 2. The van der Waals surface area contributed by atoms with Gasteiger partial charge in [-0.3, -0.25) is 14.7 Å². The lowest BCUT2D eigenvalue weighted by molar-refractivity contribution is -0.133. The fourth-order valence-corrected chi connectivity index (χ4v) is 2.76. The fraction of sp³-hybridized carbons (Fsp3) is 0.312. The predicted octanol–water partition coefficient (Wildman–Crippen LogP) is 1.72. The summed E-state index contributed by atoms with van der Waals surface area (Å²) < 4.78 is 0. The first-order chi connectivity index (χ1) is 11.3. The Morgan fingerprint density at radius 2 is 2.21 bits per heavy atom. The molecule has 1 aliphatic rings. The highest BCUT2D eigenvalue weighted by Crippen LogP contribution is 2.26. The molecule has 1 aliphatic heterocycles. The van der Waals surface area contributed by atoms with Gasteiger partial charge in [0.05, 0.1) is 12.2 Å².